The first kappa shape index (κ1) is 75.1. The molecule has 2 unspecified atom stereocenters. The van der Waals surface area contributed by atoms with Crippen LogP contribution >= 0.6 is 0 Å². The molecule has 0 saturated carbocycles. The van der Waals surface area contributed by atoms with E-state index in [0.717, 1.165) is 51.4 Å². The Kier molecular flexibility index (Phi) is 64.9. The normalized spacial score (nSPS) is 12.7. The van der Waals surface area contributed by atoms with Gasteiger partial charge in [0.1, 0.15) is 0 Å². The van der Waals surface area contributed by atoms with Crippen LogP contribution in [0, 0.1) is 0 Å². The van der Waals surface area contributed by atoms with E-state index in [4.69, 9.17) is 4.74 Å². The third-order valence-corrected chi connectivity index (χ3v) is 16.1. The summed E-state index contributed by atoms with van der Waals surface area (Å²) in [5.41, 5.74) is 0. The topological polar surface area (TPSA) is 95.9 Å². The zero-order valence-electron chi connectivity index (χ0n) is 52.0. The number of allylic oxidation sites excluding steroid dienone is 6. The standard InChI is InChI=1S/C71H135NO5/c1-3-5-7-9-11-13-15-17-18-19-20-21-27-30-33-36-40-43-47-51-55-59-63-69(74)68(67-73)72-70(75)64-60-56-52-48-44-41-37-34-31-28-25-23-22-24-26-29-32-35-38-42-46-50-54-58-62-66-77-71(76)65-61-57-53-49-45-39-16-14-12-10-8-6-4-2/h8,10,14,16,23,25,68-69,73-74H,3-7,9,11-13,15,17-22,24,26-67H2,1-2H3,(H,72,75)/b10-8-,16-14-,25-23-. The van der Waals surface area contributed by atoms with Gasteiger partial charge in [-0.1, -0.05) is 326 Å². The predicted octanol–water partition coefficient (Wildman–Crippen LogP) is 22.3. The van der Waals surface area contributed by atoms with Crippen molar-refractivity contribution in [3.8, 4) is 0 Å². The Morgan fingerprint density at radius 1 is 0.364 bits per heavy atom. The maximum atomic E-state index is 12.5. The second-order valence-electron chi connectivity index (χ2n) is 23.9. The van der Waals surface area contributed by atoms with Crippen LogP contribution in [0.15, 0.2) is 36.5 Å². The van der Waals surface area contributed by atoms with Crippen LogP contribution < -0.4 is 5.32 Å². The summed E-state index contributed by atoms with van der Waals surface area (Å²) in [6.45, 7) is 4.91. The smallest absolute Gasteiger partial charge is 0.305 e. The van der Waals surface area contributed by atoms with E-state index in [1.807, 2.05) is 0 Å². The molecule has 0 aliphatic heterocycles. The summed E-state index contributed by atoms with van der Waals surface area (Å²) in [5.74, 6) is -0.0357. The lowest BCUT2D eigenvalue weighted by molar-refractivity contribution is -0.143. The minimum atomic E-state index is -0.668. The molecular formula is C71H135NO5. The molecule has 0 aliphatic carbocycles. The van der Waals surface area contributed by atoms with Crippen molar-refractivity contribution in [1.29, 1.82) is 0 Å². The first-order chi connectivity index (χ1) is 38.0. The number of hydrogen-bond acceptors (Lipinski definition) is 5. The first-order valence-electron chi connectivity index (χ1n) is 34.7. The lowest BCUT2D eigenvalue weighted by Crippen LogP contribution is -2.45. The van der Waals surface area contributed by atoms with E-state index in [1.54, 1.807) is 0 Å². The molecule has 0 spiro atoms. The second-order valence-corrected chi connectivity index (χ2v) is 23.9. The molecule has 6 heteroatoms. The number of carbonyl (C=O) groups excluding carboxylic acids is 2. The maximum Gasteiger partial charge on any atom is 0.305 e. The van der Waals surface area contributed by atoms with E-state index in [1.165, 1.54) is 295 Å². The van der Waals surface area contributed by atoms with Gasteiger partial charge in [-0.2, -0.15) is 0 Å². The summed E-state index contributed by atoms with van der Waals surface area (Å²) in [5, 5.41) is 23.4. The zero-order valence-corrected chi connectivity index (χ0v) is 52.0. The molecule has 77 heavy (non-hydrogen) atoms. The molecule has 3 N–H and O–H groups in total. The lowest BCUT2D eigenvalue weighted by atomic mass is 10.0. The third kappa shape index (κ3) is 63.1. The van der Waals surface area contributed by atoms with E-state index < -0.39 is 12.1 Å². The molecule has 2 atom stereocenters. The van der Waals surface area contributed by atoms with Crippen molar-refractivity contribution in [3.05, 3.63) is 36.5 Å². The molecule has 0 fully saturated rings. The van der Waals surface area contributed by atoms with Gasteiger partial charge in [0.25, 0.3) is 0 Å². The van der Waals surface area contributed by atoms with Gasteiger partial charge in [-0.05, 0) is 77.0 Å². The number of ether oxygens (including phenoxy) is 1. The van der Waals surface area contributed by atoms with Crippen LogP contribution in [0.3, 0.4) is 0 Å². The zero-order chi connectivity index (χ0) is 55.7. The molecule has 0 rings (SSSR count). The van der Waals surface area contributed by atoms with Gasteiger partial charge in [0.15, 0.2) is 0 Å². The van der Waals surface area contributed by atoms with Crippen LogP contribution in [0.5, 0.6) is 0 Å². The van der Waals surface area contributed by atoms with Gasteiger partial charge >= 0.3 is 5.97 Å². The fourth-order valence-corrected chi connectivity index (χ4v) is 10.9. The largest absolute Gasteiger partial charge is 0.466 e. The van der Waals surface area contributed by atoms with Crippen molar-refractivity contribution < 1.29 is 24.5 Å². The molecule has 1 amide bonds. The fraction of sp³-hybridized carbons (Fsp3) is 0.887. The van der Waals surface area contributed by atoms with Crippen LogP contribution in [-0.4, -0.2) is 47.4 Å². The van der Waals surface area contributed by atoms with Crippen molar-refractivity contribution in [2.45, 2.75) is 392 Å². The lowest BCUT2D eigenvalue weighted by Gasteiger charge is -2.22. The van der Waals surface area contributed by atoms with Crippen molar-refractivity contribution in [2.75, 3.05) is 13.2 Å². The quantitative estimate of drug-likeness (QED) is 0.0320. The second kappa shape index (κ2) is 66.6. The Labute approximate surface area is 481 Å². The molecule has 0 aliphatic rings. The summed E-state index contributed by atoms with van der Waals surface area (Å²) in [4.78, 5) is 24.6. The van der Waals surface area contributed by atoms with Gasteiger partial charge in [-0.15, -0.1) is 0 Å². The number of amides is 1. The molecule has 0 aromatic carbocycles. The highest BCUT2D eigenvalue weighted by molar-refractivity contribution is 5.76. The predicted molar refractivity (Wildman–Crippen MR) is 338 cm³/mol. The number of unbranched alkanes of at least 4 members (excludes halogenated alkanes) is 48. The Morgan fingerprint density at radius 2 is 0.675 bits per heavy atom. The summed E-state index contributed by atoms with van der Waals surface area (Å²) >= 11 is 0. The van der Waals surface area contributed by atoms with Gasteiger partial charge in [0, 0.05) is 12.8 Å². The Balaban J connectivity index is 3.41. The number of nitrogens with one attached hydrogen (secondary N) is 1. The van der Waals surface area contributed by atoms with Gasteiger partial charge in [-0.25, -0.2) is 0 Å². The fourth-order valence-electron chi connectivity index (χ4n) is 10.9. The van der Waals surface area contributed by atoms with Crippen LogP contribution in [0.1, 0.15) is 380 Å². The van der Waals surface area contributed by atoms with Crippen LogP contribution in [0.4, 0.5) is 0 Å². The Morgan fingerprint density at radius 3 is 1.05 bits per heavy atom. The van der Waals surface area contributed by atoms with Crippen LogP contribution in [0.25, 0.3) is 0 Å². The molecule has 6 nitrogen and oxygen atoms in total. The minimum absolute atomic E-state index is 0.00147. The van der Waals surface area contributed by atoms with Crippen molar-refractivity contribution >= 4 is 11.9 Å². The first-order valence-corrected chi connectivity index (χ1v) is 34.7. The van der Waals surface area contributed by atoms with Crippen LogP contribution in [-0.2, 0) is 14.3 Å². The molecule has 0 saturated heterocycles. The molecule has 0 aromatic rings. The average molecular weight is 1080 g/mol. The summed E-state index contributed by atoms with van der Waals surface area (Å²) in [6, 6.07) is -0.545. The highest BCUT2D eigenvalue weighted by Gasteiger charge is 2.20. The Hall–Kier alpha value is -1.92. The van der Waals surface area contributed by atoms with Crippen molar-refractivity contribution in [2.24, 2.45) is 0 Å². The maximum absolute atomic E-state index is 12.5. The summed E-state index contributed by atoms with van der Waals surface area (Å²) < 4.78 is 5.47. The molecule has 0 heterocycles. The van der Waals surface area contributed by atoms with Gasteiger partial charge in [-0.3, -0.25) is 9.59 Å². The Bertz CT molecular complexity index is 1250. The number of aliphatic hydroxyl groups is 2. The van der Waals surface area contributed by atoms with Gasteiger partial charge in [0.05, 0.1) is 25.4 Å². The summed E-state index contributed by atoms with van der Waals surface area (Å²) in [6.07, 6.45) is 84.7. The van der Waals surface area contributed by atoms with Crippen molar-refractivity contribution in [3.63, 3.8) is 0 Å². The van der Waals surface area contributed by atoms with Gasteiger partial charge < -0.3 is 20.3 Å². The number of aliphatic hydroxyl groups excluding tert-OH is 2. The monoisotopic (exact) mass is 1080 g/mol. The van der Waals surface area contributed by atoms with E-state index in [-0.39, 0.29) is 18.5 Å². The highest BCUT2D eigenvalue weighted by atomic mass is 16.5. The highest BCUT2D eigenvalue weighted by Crippen LogP contribution is 2.19. The van der Waals surface area contributed by atoms with Crippen LogP contribution in [0.2, 0.25) is 0 Å². The molecule has 0 aromatic heterocycles. The summed E-state index contributed by atoms with van der Waals surface area (Å²) in [7, 11) is 0. The molecule has 0 radical (unpaired) electrons. The minimum Gasteiger partial charge on any atom is -0.466 e. The number of esters is 1. The molecule has 454 valence electrons. The van der Waals surface area contributed by atoms with E-state index in [2.05, 4.69) is 55.6 Å². The number of rotatable bonds is 65. The SMILES string of the molecule is CCC/C=C\C/C=C\CCCCCCCC(=O)OCCCCCCCCCCCCCC/C=C\CCCCCCCCCCCC(=O)NC(CO)C(O)CCCCCCCCCCCCCCCCCCCCCCCC. The molecule has 0 bridgehead atoms. The van der Waals surface area contributed by atoms with E-state index in [0.29, 0.717) is 25.9 Å². The van der Waals surface area contributed by atoms with E-state index >= 15 is 0 Å². The van der Waals surface area contributed by atoms with E-state index in [9.17, 15) is 19.8 Å². The number of hydrogen-bond donors (Lipinski definition) is 3. The molecular weight excluding hydrogens is 947 g/mol. The van der Waals surface area contributed by atoms with Gasteiger partial charge in [0.2, 0.25) is 5.91 Å². The third-order valence-electron chi connectivity index (χ3n) is 16.1. The number of carbonyl (C=O) groups is 2. The van der Waals surface area contributed by atoms with Crippen molar-refractivity contribution in [1.82, 2.24) is 5.32 Å². The average Bonchev–Trinajstić information content (AvgIpc) is 3.43.